The summed E-state index contributed by atoms with van der Waals surface area (Å²) >= 11 is 13.2. The quantitative estimate of drug-likeness (QED) is 0.290. The molecule has 222 valence electrons. The molecule has 1 aromatic heterocycles. The van der Waals surface area contributed by atoms with Crippen molar-refractivity contribution in [2.45, 2.75) is 71.6 Å². The molecular weight excluding hydrogens is 583 g/mol. The van der Waals surface area contributed by atoms with Crippen molar-refractivity contribution in [2.75, 3.05) is 0 Å². The number of amides is 2. The number of hydrogen-bond acceptors (Lipinski definition) is 3. The Kier molecular flexibility index (Phi) is 8.95. The van der Waals surface area contributed by atoms with Gasteiger partial charge in [-0.3, -0.25) is 9.59 Å². The van der Waals surface area contributed by atoms with E-state index in [0.717, 1.165) is 0 Å². The zero-order valence-electron chi connectivity index (χ0n) is 23.2. The molecule has 12 heteroatoms. The highest BCUT2D eigenvalue weighted by molar-refractivity contribution is 6.36. The maximum atomic E-state index is 15.0. The van der Waals surface area contributed by atoms with Crippen LogP contribution in [0, 0.1) is 17.2 Å². The van der Waals surface area contributed by atoms with Crippen LogP contribution in [0.3, 0.4) is 0 Å². The van der Waals surface area contributed by atoms with E-state index in [2.05, 4.69) is 15.6 Å². The maximum absolute atomic E-state index is 15.0. The number of fused-ring (bicyclic) bond motifs is 1. The van der Waals surface area contributed by atoms with Crippen LogP contribution in [-0.2, 0) is 24.8 Å². The Morgan fingerprint density at radius 3 is 2.34 bits per heavy atom. The third-order valence-corrected chi connectivity index (χ3v) is 8.38. The summed E-state index contributed by atoms with van der Waals surface area (Å²) in [6.45, 7) is 5.64. The van der Waals surface area contributed by atoms with E-state index in [9.17, 15) is 22.8 Å². The molecule has 0 unspecified atom stereocenters. The summed E-state index contributed by atoms with van der Waals surface area (Å²) in [5, 5.41) is 6.33. The molecule has 1 heterocycles. The number of hydrogen-bond donors (Lipinski definition) is 2. The minimum Gasteiger partial charge on any atom is -0.352 e. The third kappa shape index (κ3) is 6.97. The minimum absolute atomic E-state index is 0.0746. The van der Waals surface area contributed by atoms with Gasteiger partial charge in [0.2, 0.25) is 5.91 Å². The summed E-state index contributed by atoms with van der Waals surface area (Å²) in [7, 11) is 1.71. The molecule has 0 radical (unpaired) electrons. The van der Waals surface area contributed by atoms with Gasteiger partial charge >= 0.3 is 6.18 Å². The number of benzene rings is 2. The number of imidazole rings is 1. The molecule has 1 saturated carbocycles. The van der Waals surface area contributed by atoms with Crippen molar-refractivity contribution in [2.24, 2.45) is 18.4 Å². The minimum atomic E-state index is -4.25. The van der Waals surface area contributed by atoms with E-state index in [1.165, 1.54) is 12.1 Å². The van der Waals surface area contributed by atoms with Gasteiger partial charge in [-0.25, -0.2) is 9.37 Å². The van der Waals surface area contributed by atoms with E-state index in [1.807, 2.05) is 20.8 Å². The van der Waals surface area contributed by atoms with Crippen molar-refractivity contribution in [3.8, 4) is 0 Å². The average Bonchev–Trinajstić information content (AvgIpc) is 3.18. The fourth-order valence-corrected chi connectivity index (χ4v) is 5.54. The smallest absolute Gasteiger partial charge is 0.352 e. The molecule has 3 aromatic rings. The molecule has 2 aromatic carbocycles. The van der Waals surface area contributed by atoms with Crippen LogP contribution in [0.2, 0.25) is 10.0 Å². The molecule has 0 aliphatic heterocycles. The predicted octanol–water partition coefficient (Wildman–Crippen LogP) is 7.12. The van der Waals surface area contributed by atoms with E-state index >= 15 is 4.39 Å². The number of carbonyl (C=O) groups is 2. The standard InChI is InChI=1S/C29H32Cl2F4N4O2/c1-28(2,3)27(41)36-14-15-5-10-20(30)18(25(15)31)12-24-38-22-11-19(21(32)13-23(22)39(24)4)26(40)37-17-8-6-16(7-9-17)29(33,34)35/h5,10-11,13,16-17H,6-9,12,14H2,1-4H3,(H,36,41)(H,37,40). The molecule has 4 rings (SSSR count). The zero-order chi connectivity index (χ0) is 30.3. The molecule has 6 nitrogen and oxygen atoms in total. The third-order valence-electron chi connectivity index (χ3n) is 7.55. The largest absolute Gasteiger partial charge is 0.391 e. The molecule has 2 N–H and O–H groups in total. The lowest BCUT2D eigenvalue weighted by Gasteiger charge is -2.30. The van der Waals surface area contributed by atoms with Crippen molar-refractivity contribution < 1.29 is 27.2 Å². The Bertz CT molecular complexity index is 1470. The van der Waals surface area contributed by atoms with Gasteiger partial charge in [0.25, 0.3) is 5.91 Å². The van der Waals surface area contributed by atoms with E-state index in [4.69, 9.17) is 23.2 Å². The van der Waals surface area contributed by atoms with Crippen molar-refractivity contribution >= 4 is 46.0 Å². The Morgan fingerprint density at radius 1 is 1.07 bits per heavy atom. The average molecular weight is 615 g/mol. The molecule has 2 amide bonds. The molecule has 1 aliphatic carbocycles. The number of aromatic nitrogens is 2. The van der Waals surface area contributed by atoms with Crippen LogP contribution in [0.4, 0.5) is 17.6 Å². The first kappa shape index (κ1) is 31.1. The van der Waals surface area contributed by atoms with Crippen LogP contribution in [-0.4, -0.2) is 33.6 Å². The number of alkyl halides is 3. The van der Waals surface area contributed by atoms with Gasteiger partial charge in [0, 0.05) is 42.6 Å². The first-order valence-electron chi connectivity index (χ1n) is 13.3. The second kappa shape index (κ2) is 11.8. The highest BCUT2D eigenvalue weighted by atomic mass is 35.5. The zero-order valence-corrected chi connectivity index (χ0v) is 24.7. The lowest BCUT2D eigenvalue weighted by molar-refractivity contribution is -0.182. The summed E-state index contributed by atoms with van der Waals surface area (Å²) in [4.78, 5) is 29.8. The van der Waals surface area contributed by atoms with Gasteiger partial charge in [-0.05, 0) is 48.9 Å². The second-order valence-electron chi connectivity index (χ2n) is 11.6. The first-order valence-corrected chi connectivity index (χ1v) is 14.1. The molecule has 0 atom stereocenters. The molecule has 0 bridgehead atoms. The highest BCUT2D eigenvalue weighted by Gasteiger charge is 2.41. The SMILES string of the molecule is Cn1c(Cc2c(Cl)ccc(CNC(=O)C(C)(C)C)c2Cl)nc2cc(C(=O)NC3CCC(C(F)(F)F)CC3)c(F)cc21. The Morgan fingerprint density at radius 2 is 1.73 bits per heavy atom. The van der Waals surface area contributed by atoms with Gasteiger partial charge in [0.05, 0.1) is 27.5 Å². The topological polar surface area (TPSA) is 76.0 Å². The van der Waals surface area contributed by atoms with Crippen molar-refractivity contribution in [3.63, 3.8) is 0 Å². The van der Waals surface area contributed by atoms with Gasteiger partial charge < -0.3 is 15.2 Å². The van der Waals surface area contributed by atoms with E-state index < -0.39 is 35.3 Å². The van der Waals surface area contributed by atoms with Crippen LogP contribution in [0.1, 0.15) is 73.8 Å². The number of aryl methyl sites for hydroxylation is 1. The Labute approximate surface area is 245 Å². The number of halogens is 6. The summed E-state index contributed by atoms with van der Waals surface area (Å²) < 4.78 is 55.6. The van der Waals surface area contributed by atoms with E-state index in [0.29, 0.717) is 38.0 Å². The van der Waals surface area contributed by atoms with Gasteiger partial charge in [0.15, 0.2) is 0 Å². The molecule has 0 spiro atoms. The summed E-state index contributed by atoms with van der Waals surface area (Å²) in [5.74, 6) is -2.44. The second-order valence-corrected chi connectivity index (χ2v) is 12.4. The molecule has 41 heavy (non-hydrogen) atoms. The number of nitrogens with one attached hydrogen (secondary N) is 2. The fraction of sp³-hybridized carbons (Fsp3) is 0.483. The van der Waals surface area contributed by atoms with Crippen molar-refractivity contribution in [1.82, 2.24) is 20.2 Å². The van der Waals surface area contributed by atoms with E-state index in [1.54, 1.807) is 23.7 Å². The first-order chi connectivity index (χ1) is 19.1. The summed E-state index contributed by atoms with van der Waals surface area (Å²) in [6, 6.07) is 5.52. The number of rotatable bonds is 6. The predicted molar refractivity (Wildman–Crippen MR) is 151 cm³/mol. The Balaban J connectivity index is 1.53. The molecule has 1 fully saturated rings. The molecule has 0 saturated heterocycles. The summed E-state index contributed by atoms with van der Waals surface area (Å²) in [5.41, 5.74) is 1.29. The summed E-state index contributed by atoms with van der Waals surface area (Å²) in [6.07, 6.45) is -3.85. The number of nitrogens with zero attached hydrogens (tertiary/aromatic N) is 2. The van der Waals surface area contributed by atoms with Crippen molar-refractivity contribution in [3.05, 3.63) is 62.6 Å². The lowest BCUT2D eigenvalue weighted by atomic mass is 9.85. The monoisotopic (exact) mass is 614 g/mol. The van der Waals surface area contributed by atoms with Crippen molar-refractivity contribution in [1.29, 1.82) is 0 Å². The maximum Gasteiger partial charge on any atom is 0.391 e. The van der Waals surface area contributed by atoms with Crippen LogP contribution in [0.15, 0.2) is 24.3 Å². The normalized spacial score (nSPS) is 18.0. The molecular formula is C29H32Cl2F4N4O2. The number of carbonyl (C=O) groups excluding carboxylic acids is 2. The van der Waals surface area contributed by atoms with Gasteiger partial charge in [-0.1, -0.05) is 50.0 Å². The van der Waals surface area contributed by atoms with Crippen LogP contribution < -0.4 is 10.6 Å². The van der Waals surface area contributed by atoms with E-state index in [-0.39, 0.29) is 50.1 Å². The van der Waals surface area contributed by atoms with Crippen LogP contribution in [0.25, 0.3) is 11.0 Å². The van der Waals surface area contributed by atoms with Gasteiger partial charge in [-0.15, -0.1) is 0 Å². The Hall–Kier alpha value is -2.85. The van der Waals surface area contributed by atoms with Crippen LogP contribution >= 0.6 is 23.2 Å². The van der Waals surface area contributed by atoms with Gasteiger partial charge in [0.1, 0.15) is 11.6 Å². The van der Waals surface area contributed by atoms with Crippen LogP contribution in [0.5, 0.6) is 0 Å². The lowest BCUT2D eigenvalue weighted by Crippen LogP contribution is -2.40. The molecule has 1 aliphatic rings. The fourth-order valence-electron chi connectivity index (χ4n) is 4.97. The van der Waals surface area contributed by atoms with Gasteiger partial charge in [-0.2, -0.15) is 13.2 Å². The highest BCUT2D eigenvalue weighted by Crippen LogP contribution is 2.37.